The molecular formula is C17H19NO2S. The van der Waals surface area contributed by atoms with Gasteiger partial charge >= 0.3 is 0 Å². The Morgan fingerprint density at radius 3 is 3.05 bits per heavy atom. The van der Waals surface area contributed by atoms with E-state index in [9.17, 15) is 4.79 Å². The van der Waals surface area contributed by atoms with E-state index in [4.69, 9.17) is 4.74 Å². The molecule has 110 valence electrons. The lowest BCUT2D eigenvalue weighted by Gasteiger charge is -2.32. The first kappa shape index (κ1) is 14.3. The van der Waals surface area contributed by atoms with Gasteiger partial charge in [0.1, 0.15) is 6.10 Å². The minimum absolute atomic E-state index is 0.0280. The van der Waals surface area contributed by atoms with Crippen LogP contribution in [0.4, 0.5) is 0 Å². The molecule has 1 aliphatic rings. The number of carbonyl (C=O) groups is 1. The molecule has 0 unspecified atom stereocenters. The number of aryl methyl sites for hydroxylation is 1. The van der Waals surface area contributed by atoms with Crippen LogP contribution in [0.5, 0.6) is 0 Å². The number of ether oxygens (including phenoxy) is 1. The first-order valence-electron chi connectivity index (χ1n) is 7.21. The summed E-state index contributed by atoms with van der Waals surface area (Å²) in [6, 6.07) is 12.2. The van der Waals surface area contributed by atoms with E-state index in [1.54, 1.807) is 11.3 Å². The summed E-state index contributed by atoms with van der Waals surface area (Å²) < 4.78 is 5.79. The van der Waals surface area contributed by atoms with E-state index in [2.05, 4.69) is 25.1 Å². The van der Waals surface area contributed by atoms with Crippen LogP contribution in [0, 0.1) is 6.92 Å². The van der Waals surface area contributed by atoms with E-state index < -0.39 is 0 Å². The quantitative estimate of drug-likeness (QED) is 0.871. The molecule has 4 heteroatoms. The zero-order valence-electron chi connectivity index (χ0n) is 12.1. The average Bonchev–Trinajstić information content (AvgIpc) is 3.02. The normalized spacial score (nSPS) is 18.7. The molecule has 3 rings (SSSR count). The van der Waals surface area contributed by atoms with Crippen molar-refractivity contribution in [1.29, 1.82) is 0 Å². The van der Waals surface area contributed by atoms with Gasteiger partial charge in [0.2, 0.25) is 5.91 Å². The van der Waals surface area contributed by atoms with Crippen molar-refractivity contribution in [3.05, 3.63) is 57.8 Å². The highest BCUT2D eigenvalue weighted by Gasteiger charge is 2.25. The molecule has 1 amide bonds. The summed E-state index contributed by atoms with van der Waals surface area (Å²) in [7, 11) is 0. The van der Waals surface area contributed by atoms with Crippen molar-refractivity contribution in [3.63, 3.8) is 0 Å². The van der Waals surface area contributed by atoms with Crippen molar-refractivity contribution in [2.75, 3.05) is 19.7 Å². The summed E-state index contributed by atoms with van der Waals surface area (Å²) in [5.41, 5.74) is 2.28. The van der Waals surface area contributed by atoms with Gasteiger partial charge in [-0.25, -0.2) is 0 Å². The molecule has 3 nitrogen and oxygen atoms in total. The number of thiophene rings is 1. The molecule has 0 bridgehead atoms. The summed E-state index contributed by atoms with van der Waals surface area (Å²) in [6.07, 6.45) is 0.499. The highest BCUT2D eigenvalue weighted by molar-refractivity contribution is 7.10. The molecule has 1 fully saturated rings. The predicted molar refractivity (Wildman–Crippen MR) is 84.5 cm³/mol. The Morgan fingerprint density at radius 2 is 2.29 bits per heavy atom. The zero-order chi connectivity index (χ0) is 14.7. The maximum absolute atomic E-state index is 12.5. The van der Waals surface area contributed by atoms with Crippen LogP contribution in [0.1, 0.15) is 22.1 Å². The lowest BCUT2D eigenvalue weighted by Crippen LogP contribution is -2.42. The van der Waals surface area contributed by atoms with Crippen LogP contribution in [0.15, 0.2) is 41.8 Å². The molecule has 0 radical (unpaired) electrons. The number of rotatable bonds is 3. The Labute approximate surface area is 129 Å². The number of nitrogens with zero attached hydrogens (tertiary/aromatic N) is 1. The zero-order valence-corrected chi connectivity index (χ0v) is 12.9. The molecular weight excluding hydrogens is 282 g/mol. The standard InChI is InChI=1S/C17H19NO2S/c1-13-4-2-5-14(10-13)11-17(19)18-7-8-20-15(12-18)16-6-3-9-21-16/h2-6,9-10,15H,7-8,11-12H2,1H3/t15-/m1/s1. The second-order valence-electron chi connectivity index (χ2n) is 5.38. The summed E-state index contributed by atoms with van der Waals surface area (Å²) in [6.45, 7) is 4.01. The molecule has 1 aromatic carbocycles. The van der Waals surface area contributed by atoms with Crippen LogP contribution in [-0.2, 0) is 16.0 Å². The summed E-state index contributed by atoms with van der Waals surface area (Å²) in [5, 5.41) is 2.05. The molecule has 0 spiro atoms. The van der Waals surface area contributed by atoms with Gasteiger partial charge < -0.3 is 9.64 Å². The van der Waals surface area contributed by atoms with E-state index in [-0.39, 0.29) is 12.0 Å². The van der Waals surface area contributed by atoms with Crippen LogP contribution in [0.2, 0.25) is 0 Å². The molecule has 0 N–H and O–H groups in total. The van der Waals surface area contributed by atoms with Gasteiger partial charge in [0.25, 0.3) is 0 Å². The number of hydrogen-bond donors (Lipinski definition) is 0. The van der Waals surface area contributed by atoms with E-state index in [0.717, 1.165) is 5.56 Å². The highest BCUT2D eigenvalue weighted by Crippen LogP contribution is 2.26. The van der Waals surface area contributed by atoms with E-state index in [0.29, 0.717) is 26.1 Å². The van der Waals surface area contributed by atoms with Gasteiger partial charge in [0, 0.05) is 11.4 Å². The molecule has 1 saturated heterocycles. The second-order valence-corrected chi connectivity index (χ2v) is 6.36. The summed E-state index contributed by atoms with van der Waals surface area (Å²) >= 11 is 1.69. The van der Waals surface area contributed by atoms with Crippen LogP contribution >= 0.6 is 11.3 Å². The fourth-order valence-corrected chi connectivity index (χ4v) is 3.40. The minimum Gasteiger partial charge on any atom is -0.369 e. The minimum atomic E-state index is 0.0280. The molecule has 1 aliphatic heterocycles. The van der Waals surface area contributed by atoms with Crippen molar-refractivity contribution < 1.29 is 9.53 Å². The molecule has 21 heavy (non-hydrogen) atoms. The molecule has 0 saturated carbocycles. The molecule has 2 heterocycles. The van der Waals surface area contributed by atoms with Gasteiger partial charge in [-0.2, -0.15) is 0 Å². The van der Waals surface area contributed by atoms with Gasteiger partial charge in [0.05, 0.1) is 19.6 Å². The smallest absolute Gasteiger partial charge is 0.227 e. The summed E-state index contributed by atoms with van der Waals surface area (Å²) in [4.78, 5) is 15.6. The molecule has 2 aromatic rings. The van der Waals surface area contributed by atoms with Crippen molar-refractivity contribution in [1.82, 2.24) is 4.90 Å². The van der Waals surface area contributed by atoms with Crippen LogP contribution in [0.3, 0.4) is 0 Å². The van der Waals surface area contributed by atoms with Crippen molar-refractivity contribution in [2.45, 2.75) is 19.4 Å². The number of morpholine rings is 1. The van der Waals surface area contributed by atoms with Gasteiger partial charge in [-0.05, 0) is 23.9 Å². The van der Waals surface area contributed by atoms with Crippen LogP contribution in [-0.4, -0.2) is 30.5 Å². The Bertz CT molecular complexity index is 609. The molecule has 1 aromatic heterocycles. The van der Waals surface area contributed by atoms with E-state index in [1.807, 2.05) is 28.5 Å². The van der Waals surface area contributed by atoms with Gasteiger partial charge in [0.15, 0.2) is 0 Å². The lowest BCUT2D eigenvalue weighted by molar-refractivity contribution is -0.138. The maximum atomic E-state index is 12.5. The van der Waals surface area contributed by atoms with Gasteiger partial charge in [-0.1, -0.05) is 35.9 Å². The lowest BCUT2D eigenvalue weighted by atomic mass is 10.1. The second kappa shape index (κ2) is 6.41. The number of hydrogen-bond acceptors (Lipinski definition) is 3. The maximum Gasteiger partial charge on any atom is 0.227 e. The Hall–Kier alpha value is -1.65. The topological polar surface area (TPSA) is 29.5 Å². The van der Waals surface area contributed by atoms with Crippen LogP contribution < -0.4 is 0 Å². The highest BCUT2D eigenvalue weighted by atomic mass is 32.1. The SMILES string of the molecule is Cc1cccc(CC(=O)N2CCO[C@@H](c3cccs3)C2)c1. The molecule has 1 atom stereocenters. The summed E-state index contributed by atoms with van der Waals surface area (Å²) in [5.74, 6) is 0.186. The fourth-order valence-electron chi connectivity index (χ4n) is 2.63. The van der Waals surface area contributed by atoms with E-state index in [1.165, 1.54) is 10.4 Å². The van der Waals surface area contributed by atoms with Crippen molar-refractivity contribution in [2.24, 2.45) is 0 Å². The third-order valence-corrected chi connectivity index (χ3v) is 4.68. The average molecular weight is 301 g/mol. The third-order valence-electron chi connectivity index (χ3n) is 3.72. The first-order chi connectivity index (χ1) is 10.2. The number of amides is 1. The van der Waals surface area contributed by atoms with E-state index >= 15 is 0 Å². The predicted octanol–water partition coefficient (Wildman–Crippen LogP) is 3.20. The molecule has 0 aliphatic carbocycles. The Balaban J connectivity index is 1.64. The Kier molecular flexibility index (Phi) is 4.36. The van der Waals surface area contributed by atoms with Gasteiger partial charge in [-0.3, -0.25) is 4.79 Å². The third kappa shape index (κ3) is 3.52. The van der Waals surface area contributed by atoms with Gasteiger partial charge in [-0.15, -0.1) is 11.3 Å². The fraction of sp³-hybridized carbons (Fsp3) is 0.353. The van der Waals surface area contributed by atoms with Crippen molar-refractivity contribution >= 4 is 17.2 Å². The Morgan fingerprint density at radius 1 is 1.38 bits per heavy atom. The van der Waals surface area contributed by atoms with Crippen LogP contribution in [0.25, 0.3) is 0 Å². The van der Waals surface area contributed by atoms with Crippen molar-refractivity contribution in [3.8, 4) is 0 Å². The largest absolute Gasteiger partial charge is 0.369 e. The monoisotopic (exact) mass is 301 g/mol. The number of benzene rings is 1. The number of carbonyl (C=O) groups excluding carboxylic acids is 1. The first-order valence-corrected chi connectivity index (χ1v) is 8.08.